The number of benzene rings is 2. The Hall–Kier alpha value is -1.70. The molecule has 154 valence electrons. The van der Waals surface area contributed by atoms with Crippen molar-refractivity contribution in [3.63, 3.8) is 0 Å². The van der Waals surface area contributed by atoms with Gasteiger partial charge in [0.05, 0.1) is 18.3 Å². The van der Waals surface area contributed by atoms with Crippen LogP contribution in [-0.4, -0.2) is 16.1 Å². The first-order valence-corrected chi connectivity index (χ1v) is 11.2. The van der Waals surface area contributed by atoms with E-state index in [2.05, 4.69) is 60.7 Å². The zero-order valence-corrected chi connectivity index (χ0v) is 20.8. The van der Waals surface area contributed by atoms with Crippen molar-refractivity contribution in [3.05, 3.63) is 87.1 Å². The van der Waals surface area contributed by atoms with E-state index >= 15 is 0 Å². The Bertz CT molecular complexity index is 1090. The van der Waals surface area contributed by atoms with E-state index < -0.39 is 4.92 Å². The summed E-state index contributed by atoms with van der Waals surface area (Å²) in [4.78, 5) is 14.1. The number of halogens is 4. The molecule has 1 N–H and O–H groups in total. The molecule has 0 unspecified atom stereocenters. The first kappa shape index (κ1) is 23.0. The van der Waals surface area contributed by atoms with Gasteiger partial charge in [0.1, 0.15) is 24.4 Å². The number of rotatable bonds is 7. The molecule has 11 heteroatoms. The van der Waals surface area contributed by atoms with E-state index in [0.717, 1.165) is 24.0 Å². The van der Waals surface area contributed by atoms with E-state index in [1.54, 1.807) is 18.3 Å². The van der Waals surface area contributed by atoms with Crippen LogP contribution in [0.4, 0.5) is 11.5 Å². The van der Waals surface area contributed by atoms with E-state index in [4.69, 9.17) is 27.9 Å². The van der Waals surface area contributed by atoms with Gasteiger partial charge in [-0.1, -0.05) is 29.3 Å². The molecule has 0 aliphatic rings. The number of nitrogens with one attached hydrogen (secondary N) is 1. The lowest BCUT2D eigenvalue weighted by Crippen LogP contribution is -2.01. The molecule has 7 nitrogen and oxygen atoms in total. The maximum Gasteiger partial charge on any atom is 0.287 e. The number of aromatic nitrogens is 1. The zero-order chi connectivity index (χ0) is 21.7. The van der Waals surface area contributed by atoms with Gasteiger partial charge in [-0.15, -0.1) is 0 Å². The SMILES string of the molecule is O=[N+]([O-])c1ccc(N/N=C/c2cc(I)c(OCc3ccc(Cl)cc3Cl)c(I)c2)nc1. The second-order valence-corrected chi connectivity index (χ2v) is 9.03. The quantitative estimate of drug-likeness (QED) is 0.134. The van der Waals surface area contributed by atoms with Crippen LogP contribution in [0.5, 0.6) is 5.75 Å². The number of nitro groups is 1. The number of nitrogens with zero attached hydrogens (tertiary/aromatic N) is 3. The Morgan fingerprint density at radius 2 is 1.90 bits per heavy atom. The van der Waals surface area contributed by atoms with Gasteiger partial charge in [-0.3, -0.25) is 15.5 Å². The van der Waals surface area contributed by atoms with Crippen LogP contribution in [0.3, 0.4) is 0 Å². The summed E-state index contributed by atoms with van der Waals surface area (Å²) in [7, 11) is 0. The first-order chi connectivity index (χ1) is 14.3. The van der Waals surface area contributed by atoms with Gasteiger partial charge >= 0.3 is 0 Å². The maximum atomic E-state index is 10.7. The fourth-order valence-electron chi connectivity index (χ4n) is 2.31. The molecule has 1 aromatic heterocycles. The number of pyridine rings is 1. The second-order valence-electron chi connectivity index (χ2n) is 5.87. The van der Waals surface area contributed by atoms with Crippen molar-refractivity contribution in [2.75, 3.05) is 5.43 Å². The van der Waals surface area contributed by atoms with Crippen LogP contribution in [0.15, 0.2) is 53.8 Å². The number of hydrogen-bond acceptors (Lipinski definition) is 6. The summed E-state index contributed by atoms with van der Waals surface area (Å²) in [5.74, 6) is 1.16. The Balaban J connectivity index is 1.66. The molecule has 3 aromatic rings. The smallest absolute Gasteiger partial charge is 0.287 e. The Kier molecular flexibility index (Phi) is 8.08. The molecule has 0 saturated carbocycles. The van der Waals surface area contributed by atoms with E-state index in [-0.39, 0.29) is 5.69 Å². The van der Waals surface area contributed by atoms with Gasteiger partial charge < -0.3 is 4.74 Å². The first-order valence-electron chi connectivity index (χ1n) is 8.29. The predicted molar refractivity (Wildman–Crippen MR) is 135 cm³/mol. The van der Waals surface area contributed by atoms with Crippen LogP contribution in [0.1, 0.15) is 11.1 Å². The Labute approximate surface area is 209 Å². The van der Waals surface area contributed by atoms with Crippen LogP contribution < -0.4 is 10.2 Å². The molecule has 0 radical (unpaired) electrons. The standard InChI is InChI=1S/C19H12Cl2I2N4O3/c20-13-2-1-12(15(21)7-13)10-30-19-16(22)5-11(6-17(19)23)8-25-26-18-4-3-14(9-24-18)27(28)29/h1-9H,10H2,(H,24,26)/b25-8+. The Morgan fingerprint density at radius 1 is 1.17 bits per heavy atom. The molecule has 0 saturated heterocycles. The molecule has 3 rings (SSSR count). The molecule has 0 amide bonds. The van der Waals surface area contributed by atoms with Crippen molar-refractivity contribution in [2.24, 2.45) is 5.10 Å². The van der Waals surface area contributed by atoms with Crippen LogP contribution in [-0.2, 0) is 6.61 Å². The molecular weight excluding hydrogens is 657 g/mol. The molecule has 0 aliphatic heterocycles. The summed E-state index contributed by atoms with van der Waals surface area (Å²) in [6, 6.07) is 12.0. The molecule has 0 fully saturated rings. The highest BCUT2D eigenvalue weighted by atomic mass is 127. The highest BCUT2D eigenvalue weighted by Crippen LogP contribution is 2.30. The van der Waals surface area contributed by atoms with Crippen molar-refractivity contribution in [3.8, 4) is 5.75 Å². The summed E-state index contributed by atoms with van der Waals surface area (Å²) >= 11 is 16.5. The summed E-state index contributed by atoms with van der Waals surface area (Å²) in [5.41, 5.74) is 4.37. The van der Waals surface area contributed by atoms with Gasteiger partial charge in [0.2, 0.25) is 0 Å². The monoisotopic (exact) mass is 668 g/mol. The van der Waals surface area contributed by atoms with Crippen molar-refractivity contribution >= 4 is 86.1 Å². The van der Waals surface area contributed by atoms with Gasteiger partial charge in [-0.2, -0.15) is 5.10 Å². The van der Waals surface area contributed by atoms with E-state index in [1.165, 1.54) is 18.3 Å². The summed E-state index contributed by atoms with van der Waals surface area (Å²) in [5, 5.41) is 15.9. The molecule has 30 heavy (non-hydrogen) atoms. The van der Waals surface area contributed by atoms with Gasteiger partial charge in [0.15, 0.2) is 0 Å². The minimum Gasteiger partial charge on any atom is -0.487 e. The molecule has 1 heterocycles. The van der Waals surface area contributed by atoms with E-state index in [1.807, 2.05) is 18.2 Å². The van der Waals surface area contributed by atoms with Gasteiger partial charge in [0.25, 0.3) is 5.69 Å². The predicted octanol–water partition coefficient (Wildman–Crippen LogP) is 6.53. The molecule has 0 atom stereocenters. The molecule has 2 aromatic carbocycles. The van der Waals surface area contributed by atoms with E-state index in [0.29, 0.717) is 22.5 Å². The lowest BCUT2D eigenvalue weighted by atomic mass is 10.2. The number of hydrazone groups is 1. The average molecular weight is 669 g/mol. The van der Waals surface area contributed by atoms with Crippen molar-refractivity contribution in [2.45, 2.75) is 6.61 Å². The fraction of sp³-hybridized carbons (Fsp3) is 0.0526. The van der Waals surface area contributed by atoms with Crippen LogP contribution in [0.25, 0.3) is 0 Å². The second kappa shape index (κ2) is 10.6. The summed E-state index contributed by atoms with van der Waals surface area (Å²) < 4.78 is 7.80. The van der Waals surface area contributed by atoms with Crippen LogP contribution in [0, 0.1) is 17.3 Å². The largest absolute Gasteiger partial charge is 0.487 e. The number of ether oxygens (including phenoxy) is 1. The minimum atomic E-state index is -0.506. The molecule has 0 aliphatic carbocycles. The minimum absolute atomic E-state index is 0.0795. The third-order valence-corrected chi connectivity index (χ3v) is 5.95. The van der Waals surface area contributed by atoms with Crippen molar-refractivity contribution < 1.29 is 9.66 Å². The Morgan fingerprint density at radius 3 is 2.50 bits per heavy atom. The third-order valence-electron chi connectivity index (χ3n) is 3.76. The van der Waals surface area contributed by atoms with Gasteiger partial charge in [0, 0.05) is 21.7 Å². The van der Waals surface area contributed by atoms with Crippen molar-refractivity contribution in [1.29, 1.82) is 0 Å². The zero-order valence-electron chi connectivity index (χ0n) is 15.0. The van der Waals surface area contributed by atoms with Crippen LogP contribution >= 0.6 is 68.4 Å². The molecular formula is C19H12Cl2I2N4O3. The van der Waals surface area contributed by atoms with Crippen LogP contribution in [0.2, 0.25) is 10.0 Å². The highest BCUT2D eigenvalue weighted by molar-refractivity contribution is 14.1. The van der Waals surface area contributed by atoms with Crippen molar-refractivity contribution in [1.82, 2.24) is 4.98 Å². The lowest BCUT2D eigenvalue weighted by Gasteiger charge is -2.12. The summed E-state index contributed by atoms with van der Waals surface area (Å²) in [6.07, 6.45) is 2.80. The maximum absolute atomic E-state index is 10.7. The normalized spacial score (nSPS) is 10.9. The topological polar surface area (TPSA) is 89.7 Å². The molecule has 0 bridgehead atoms. The summed E-state index contributed by atoms with van der Waals surface area (Å²) in [6.45, 7) is 0.322. The third kappa shape index (κ3) is 6.15. The number of anilines is 1. The van der Waals surface area contributed by atoms with Gasteiger partial charge in [-0.25, -0.2) is 4.98 Å². The molecule has 0 spiro atoms. The lowest BCUT2D eigenvalue weighted by molar-refractivity contribution is -0.385. The fourth-order valence-corrected chi connectivity index (χ4v) is 4.90. The van der Waals surface area contributed by atoms with Gasteiger partial charge in [-0.05, 0) is 81.1 Å². The average Bonchev–Trinajstić information content (AvgIpc) is 2.69. The number of hydrogen-bond donors (Lipinski definition) is 1. The highest BCUT2D eigenvalue weighted by Gasteiger charge is 2.10. The van der Waals surface area contributed by atoms with E-state index in [9.17, 15) is 10.1 Å².